The molecule has 1 aromatic heterocycles. The van der Waals surface area contributed by atoms with E-state index < -0.39 is 0 Å². The fourth-order valence-corrected chi connectivity index (χ4v) is 5.27. The second kappa shape index (κ2) is 12.6. The zero-order valence-corrected chi connectivity index (χ0v) is 22.9. The molecule has 1 heterocycles. The summed E-state index contributed by atoms with van der Waals surface area (Å²) in [6.45, 7) is 1.87. The molecule has 3 aromatic carbocycles. The number of aromatic nitrogens is 1. The molecule has 0 aliphatic carbocycles. The number of amides is 1. The monoisotopic (exact) mass is 550 g/mol. The lowest BCUT2D eigenvalue weighted by molar-refractivity contribution is -0.115. The molecule has 7 nitrogen and oxygen atoms in total. The van der Waals surface area contributed by atoms with Crippen molar-refractivity contribution in [1.82, 2.24) is 4.98 Å². The van der Waals surface area contributed by atoms with Crippen LogP contribution in [0.5, 0.6) is 11.5 Å². The Morgan fingerprint density at radius 3 is 2.59 bits per heavy atom. The van der Waals surface area contributed by atoms with Crippen LogP contribution < -0.4 is 25.4 Å². The first-order valence-corrected chi connectivity index (χ1v) is 13.5. The van der Waals surface area contributed by atoms with Crippen LogP contribution in [-0.2, 0) is 4.79 Å². The normalized spacial score (nSPS) is 11.3. The minimum absolute atomic E-state index is 0.122. The van der Waals surface area contributed by atoms with Gasteiger partial charge in [0, 0.05) is 21.5 Å². The SMILES string of the molecule is COc1cccc(-c2csc(NC(=O)C(C)Sc3cccc(NC(=S)Nc4ccccc4OC)c3)n2)c1. The maximum Gasteiger partial charge on any atom is 0.239 e. The second-order valence-corrected chi connectivity index (χ2v) is 10.5. The average molecular weight is 551 g/mol. The van der Waals surface area contributed by atoms with Gasteiger partial charge >= 0.3 is 0 Å². The van der Waals surface area contributed by atoms with E-state index >= 15 is 0 Å². The van der Waals surface area contributed by atoms with E-state index in [-0.39, 0.29) is 11.2 Å². The summed E-state index contributed by atoms with van der Waals surface area (Å²) in [5.41, 5.74) is 3.31. The number of carbonyl (C=O) groups is 1. The zero-order chi connectivity index (χ0) is 26.2. The van der Waals surface area contributed by atoms with Gasteiger partial charge < -0.3 is 25.4 Å². The molecule has 1 unspecified atom stereocenters. The van der Waals surface area contributed by atoms with Crippen LogP contribution in [0.1, 0.15) is 6.92 Å². The van der Waals surface area contributed by atoms with Gasteiger partial charge in [0.05, 0.1) is 30.9 Å². The highest BCUT2D eigenvalue weighted by Gasteiger charge is 2.17. The van der Waals surface area contributed by atoms with Crippen LogP contribution in [0.4, 0.5) is 16.5 Å². The van der Waals surface area contributed by atoms with Crippen molar-refractivity contribution in [3.63, 3.8) is 0 Å². The van der Waals surface area contributed by atoms with Crippen LogP contribution in [0.2, 0.25) is 0 Å². The number of rotatable bonds is 9. The molecule has 1 atom stereocenters. The van der Waals surface area contributed by atoms with Gasteiger partial charge in [-0.1, -0.05) is 30.3 Å². The number of para-hydroxylation sites is 2. The zero-order valence-electron chi connectivity index (χ0n) is 20.5. The Morgan fingerprint density at radius 1 is 0.973 bits per heavy atom. The molecule has 0 saturated heterocycles. The van der Waals surface area contributed by atoms with E-state index in [1.165, 1.54) is 23.1 Å². The van der Waals surface area contributed by atoms with E-state index in [4.69, 9.17) is 21.7 Å². The fourth-order valence-electron chi connectivity index (χ4n) is 3.39. The van der Waals surface area contributed by atoms with Crippen LogP contribution in [0, 0.1) is 0 Å². The smallest absolute Gasteiger partial charge is 0.239 e. The number of hydrogen-bond acceptors (Lipinski definition) is 7. The number of hydrogen-bond donors (Lipinski definition) is 3. The first kappa shape index (κ1) is 26.5. The molecule has 190 valence electrons. The Morgan fingerprint density at radius 2 is 1.78 bits per heavy atom. The summed E-state index contributed by atoms with van der Waals surface area (Å²) in [5, 5.41) is 11.8. The summed E-state index contributed by atoms with van der Waals surface area (Å²) >= 11 is 8.30. The fraction of sp³-hybridized carbons (Fsp3) is 0.148. The molecule has 3 N–H and O–H groups in total. The number of thiazole rings is 1. The first-order valence-electron chi connectivity index (χ1n) is 11.3. The molecular weight excluding hydrogens is 525 g/mol. The molecule has 0 fully saturated rings. The molecule has 37 heavy (non-hydrogen) atoms. The second-order valence-electron chi connectivity index (χ2n) is 7.83. The molecule has 10 heteroatoms. The highest BCUT2D eigenvalue weighted by atomic mass is 32.2. The van der Waals surface area contributed by atoms with Crippen molar-refractivity contribution >= 4 is 62.8 Å². The third-order valence-corrected chi connectivity index (χ3v) is 7.28. The van der Waals surface area contributed by atoms with Crippen LogP contribution in [0.3, 0.4) is 0 Å². The number of anilines is 3. The molecular formula is C27H26N4O3S3. The van der Waals surface area contributed by atoms with Gasteiger partial charge in [-0.25, -0.2) is 4.98 Å². The van der Waals surface area contributed by atoms with E-state index in [2.05, 4.69) is 20.9 Å². The average Bonchev–Trinajstić information content (AvgIpc) is 3.37. The van der Waals surface area contributed by atoms with Gasteiger partial charge in [-0.2, -0.15) is 0 Å². The summed E-state index contributed by atoms with van der Waals surface area (Å²) in [6.07, 6.45) is 0. The minimum Gasteiger partial charge on any atom is -0.497 e. The largest absolute Gasteiger partial charge is 0.497 e. The Kier molecular flexibility index (Phi) is 8.99. The van der Waals surface area contributed by atoms with Crippen LogP contribution in [0.25, 0.3) is 11.3 Å². The Hall–Kier alpha value is -3.60. The molecule has 0 spiro atoms. The number of methoxy groups -OCH3 is 2. The van der Waals surface area contributed by atoms with E-state index in [0.717, 1.165) is 33.3 Å². The van der Waals surface area contributed by atoms with Crippen molar-refractivity contribution in [1.29, 1.82) is 0 Å². The number of nitrogens with zero attached hydrogens (tertiary/aromatic N) is 1. The van der Waals surface area contributed by atoms with Crippen molar-refractivity contribution in [3.8, 4) is 22.8 Å². The van der Waals surface area contributed by atoms with Crippen LogP contribution in [0.15, 0.2) is 83.1 Å². The maximum atomic E-state index is 12.8. The Bertz CT molecular complexity index is 1390. The Labute approximate surface area is 229 Å². The summed E-state index contributed by atoms with van der Waals surface area (Å²) in [5.74, 6) is 1.34. The van der Waals surface area contributed by atoms with Crippen molar-refractivity contribution in [2.45, 2.75) is 17.1 Å². The standard InChI is InChI=1S/C27H26N4O3S3/c1-17(25(32)31-27-30-23(16-36-27)18-8-6-10-20(14-18)33-2)37-21-11-7-9-19(15-21)28-26(35)29-22-12-4-5-13-24(22)34-3/h4-17H,1-3H3,(H2,28,29,35)(H,30,31,32). The van der Waals surface area contributed by atoms with E-state index in [1.54, 1.807) is 14.2 Å². The molecule has 4 rings (SSSR count). The van der Waals surface area contributed by atoms with Gasteiger partial charge in [-0.05, 0) is 61.6 Å². The highest BCUT2D eigenvalue weighted by Crippen LogP contribution is 2.30. The van der Waals surface area contributed by atoms with E-state index in [1.807, 2.05) is 85.1 Å². The number of thioether (sulfide) groups is 1. The lowest BCUT2D eigenvalue weighted by atomic mass is 10.2. The van der Waals surface area contributed by atoms with Gasteiger partial charge in [0.1, 0.15) is 11.5 Å². The molecule has 1 amide bonds. The number of benzene rings is 3. The topological polar surface area (TPSA) is 84.5 Å². The van der Waals surface area contributed by atoms with Crippen LogP contribution in [-0.4, -0.2) is 35.5 Å². The van der Waals surface area contributed by atoms with Gasteiger partial charge in [0.25, 0.3) is 0 Å². The minimum atomic E-state index is -0.335. The predicted octanol–water partition coefficient (Wildman–Crippen LogP) is 6.76. The van der Waals surface area contributed by atoms with Crippen molar-refractivity contribution in [2.24, 2.45) is 0 Å². The molecule has 0 aliphatic rings. The number of carbonyl (C=O) groups excluding carboxylic acids is 1. The molecule has 0 aliphatic heterocycles. The third kappa shape index (κ3) is 7.22. The summed E-state index contributed by atoms with van der Waals surface area (Å²) in [4.78, 5) is 18.3. The van der Waals surface area contributed by atoms with Crippen molar-refractivity contribution in [3.05, 3.63) is 78.2 Å². The summed E-state index contributed by atoms with van der Waals surface area (Å²) in [7, 11) is 3.24. The van der Waals surface area contributed by atoms with Gasteiger partial charge in [0.15, 0.2) is 10.2 Å². The number of thiocarbonyl (C=S) groups is 1. The maximum absolute atomic E-state index is 12.8. The van der Waals surface area contributed by atoms with Crippen LogP contribution >= 0.6 is 35.3 Å². The lowest BCUT2D eigenvalue weighted by Crippen LogP contribution is -2.22. The van der Waals surface area contributed by atoms with E-state index in [9.17, 15) is 4.79 Å². The van der Waals surface area contributed by atoms with Crippen molar-refractivity contribution < 1.29 is 14.3 Å². The van der Waals surface area contributed by atoms with Gasteiger partial charge in [0.2, 0.25) is 5.91 Å². The van der Waals surface area contributed by atoms with E-state index in [0.29, 0.717) is 16.0 Å². The predicted molar refractivity (Wildman–Crippen MR) is 157 cm³/mol. The quantitative estimate of drug-likeness (QED) is 0.156. The van der Waals surface area contributed by atoms with Gasteiger partial charge in [-0.3, -0.25) is 4.79 Å². The van der Waals surface area contributed by atoms with Gasteiger partial charge in [-0.15, -0.1) is 23.1 Å². The molecule has 4 aromatic rings. The molecule has 0 radical (unpaired) electrons. The van der Waals surface area contributed by atoms with Crippen molar-refractivity contribution in [2.75, 3.05) is 30.2 Å². The summed E-state index contributed by atoms with van der Waals surface area (Å²) < 4.78 is 10.6. The summed E-state index contributed by atoms with van der Waals surface area (Å²) in [6, 6.07) is 23.0. The molecule has 0 saturated carbocycles. The Balaban J connectivity index is 1.34. The lowest BCUT2D eigenvalue weighted by Gasteiger charge is -2.14. The number of nitrogens with one attached hydrogen (secondary N) is 3. The first-order chi connectivity index (χ1) is 17.9. The highest BCUT2D eigenvalue weighted by molar-refractivity contribution is 8.00. The number of ether oxygens (including phenoxy) is 2. The third-order valence-electron chi connectivity index (χ3n) is 5.23. The molecule has 0 bridgehead atoms.